The summed E-state index contributed by atoms with van der Waals surface area (Å²) >= 11 is 0. The molecule has 104 valence electrons. The van der Waals surface area contributed by atoms with Crippen molar-refractivity contribution in [3.63, 3.8) is 0 Å². The molecule has 0 unspecified atom stereocenters. The molecule has 1 aromatic heterocycles. The lowest BCUT2D eigenvalue weighted by atomic mass is 9.78. The molecular weight excluding hydrogens is 245 g/mol. The largest absolute Gasteiger partial charge is 0.502 e. The van der Waals surface area contributed by atoms with E-state index in [-0.39, 0.29) is 0 Å². The van der Waals surface area contributed by atoms with Crippen molar-refractivity contribution in [3.05, 3.63) is 12.4 Å². The van der Waals surface area contributed by atoms with Crippen LogP contribution in [0.3, 0.4) is 0 Å². The van der Waals surface area contributed by atoms with Gasteiger partial charge in [0.2, 0.25) is 0 Å². The van der Waals surface area contributed by atoms with E-state index in [1.165, 1.54) is 0 Å². The average molecular weight is 265 g/mol. The maximum atomic E-state index is 6.03. The molecule has 1 aromatic rings. The zero-order chi connectivity index (χ0) is 14.3. The van der Waals surface area contributed by atoms with Crippen molar-refractivity contribution in [3.8, 4) is 11.5 Å². The Balaban J connectivity index is 2.44. The van der Waals surface area contributed by atoms with Gasteiger partial charge in [-0.2, -0.15) is 0 Å². The van der Waals surface area contributed by atoms with E-state index in [0.717, 1.165) is 5.46 Å². The molecule has 0 atom stereocenters. The Morgan fingerprint density at radius 2 is 1.37 bits per heavy atom. The number of hydrogen-bond donors (Lipinski definition) is 0. The molecule has 0 aromatic carbocycles. The van der Waals surface area contributed by atoms with Crippen molar-refractivity contribution in [2.24, 2.45) is 0 Å². The monoisotopic (exact) mass is 265 g/mol. The Hall–Kier alpha value is -1.27. The van der Waals surface area contributed by atoms with E-state index in [1.54, 1.807) is 26.6 Å². The molecule has 0 aliphatic carbocycles. The van der Waals surface area contributed by atoms with Crippen LogP contribution in [0.1, 0.15) is 27.7 Å². The molecule has 1 aliphatic rings. The maximum absolute atomic E-state index is 6.03. The van der Waals surface area contributed by atoms with E-state index in [2.05, 4.69) is 4.98 Å². The number of pyridine rings is 1. The molecule has 0 N–H and O–H groups in total. The van der Waals surface area contributed by atoms with Gasteiger partial charge in [0.05, 0.1) is 43.3 Å². The number of hydrogen-bond acceptors (Lipinski definition) is 5. The summed E-state index contributed by atoms with van der Waals surface area (Å²) in [5.41, 5.74) is -0.0767. The summed E-state index contributed by atoms with van der Waals surface area (Å²) in [5.74, 6) is 1.19. The Kier molecular flexibility index (Phi) is 3.49. The van der Waals surface area contributed by atoms with Crippen LogP contribution in [0.15, 0.2) is 12.4 Å². The highest BCUT2D eigenvalue weighted by atomic mass is 16.7. The normalized spacial score (nSPS) is 20.4. The second kappa shape index (κ2) is 4.69. The minimum absolute atomic E-state index is 0.406. The minimum atomic E-state index is -0.530. The standard InChI is InChI=1S/C13H20BNO4/c1-12(2)13(3,4)19-14(18-12)11-9(16-5)7-15-8-10(11)17-6/h7-8H,1-6H3. The highest BCUT2D eigenvalue weighted by Gasteiger charge is 2.53. The van der Waals surface area contributed by atoms with E-state index >= 15 is 0 Å². The van der Waals surface area contributed by atoms with Crippen molar-refractivity contribution in [2.75, 3.05) is 14.2 Å². The molecule has 0 saturated carbocycles. The van der Waals surface area contributed by atoms with E-state index in [0.29, 0.717) is 11.5 Å². The van der Waals surface area contributed by atoms with Crippen molar-refractivity contribution < 1.29 is 18.8 Å². The topological polar surface area (TPSA) is 49.8 Å². The molecule has 0 radical (unpaired) electrons. The van der Waals surface area contributed by atoms with E-state index < -0.39 is 18.3 Å². The van der Waals surface area contributed by atoms with Gasteiger partial charge in [0, 0.05) is 0 Å². The Morgan fingerprint density at radius 1 is 0.947 bits per heavy atom. The van der Waals surface area contributed by atoms with Crippen LogP contribution in [0.4, 0.5) is 0 Å². The lowest BCUT2D eigenvalue weighted by molar-refractivity contribution is 0.00578. The van der Waals surface area contributed by atoms with Crippen LogP contribution in [-0.4, -0.2) is 37.5 Å². The van der Waals surface area contributed by atoms with Crippen molar-refractivity contribution in [2.45, 2.75) is 38.9 Å². The SMILES string of the molecule is COc1cncc(OC)c1B1OC(C)(C)C(C)(C)O1. The third kappa shape index (κ3) is 2.30. The molecule has 0 bridgehead atoms. The molecule has 1 aliphatic heterocycles. The Morgan fingerprint density at radius 3 is 1.74 bits per heavy atom. The quantitative estimate of drug-likeness (QED) is 0.773. The van der Waals surface area contributed by atoms with Crippen LogP contribution < -0.4 is 14.9 Å². The Bertz CT molecular complexity index is 437. The number of rotatable bonds is 3. The van der Waals surface area contributed by atoms with Crippen LogP contribution in [0.25, 0.3) is 0 Å². The lowest BCUT2D eigenvalue weighted by Gasteiger charge is -2.32. The van der Waals surface area contributed by atoms with Gasteiger partial charge in [-0.05, 0) is 27.7 Å². The third-order valence-electron chi connectivity index (χ3n) is 3.84. The van der Waals surface area contributed by atoms with E-state index in [1.807, 2.05) is 27.7 Å². The van der Waals surface area contributed by atoms with Gasteiger partial charge in [0.15, 0.2) is 0 Å². The summed E-state index contributed by atoms with van der Waals surface area (Å²) in [5, 5.41) is 0. The van der Waals surface area contributed by atoms with Gasteiger partial charge >= 0.3 is 7.12 Å². The first-order valence-corrected chi connectivity index (χ1v) is 6.24. The molecule has 19 heavy (non-hydrogen) atoms. The predicted molar refractivity (Wildman–Crippen MR) is 73.1 cm³/mol. The molecular formula is C13H20BNO4. The van der Waals surface area contributed by atoms with Crippen molar-refractivity contribution >= 4 is 12.6 Å². The minimum Gasteiger partial charge on any atom is -0.495 e. The highest BCUT2D eigenvalue weighted by molar-refractivity contribution is 6.64. The first-order valence-electron chi connectivity index (χ1n) is 6.24. The molecule has 5 nitrogen and oxygen atoms in total. The van der Waals surface area contributed by atoms with Gasteiger partial charge in [0.25, 0.3) is 0 Å². The zero-order valence-electron chi connectivity index (χ0n) is 12.3. The van der Waals surface area contributed by atoms with Gasteiger partial charge in [-0.3, -0.25) is 4.98 Å². The van der Waals surface area contributed by atoms with Crippen LogP contribution in [0, 0.1) is 0 Å². The number of nitrogens with zero attached hydrogens (tertiary/aromatic N) is 1. The van der Waals surface area contributed by atoms with Crippen LogP contribution in [0.5, 0.6) is 11.5 Å². The third-order valence-corrected chi connectivity index (χ3v) is 3.84. The first kappa shape index (κ1) is 14.2. The second-order valence-corrected chi connectivity index (χ2v) is 5.55. The van der Waals surface area contributed by atoms with Gasteiger partial charge in [-0.1, -0.05) is 0 Å². The lowest BCUT2D eigenvalue weighted by Crippen LogP contribution is -2.41. The van der Waals surface area contributed by atoms with Gasteiger partial charge in [-0.25, -0.2) is 0 Å². The second-order valence-electron chi connectivity index (χ2n) is 5.55. The first-order chi connectivity index (χ1) is 8.82. The molecule has 2 rings (SSSR count). The van der Waals surface area contributed by atoms with Crippen molar-refractivity contribution in [1.82, 2.24) is 4.98 Å². The van der Waals surface area contributed by atoms with E-state index in [9.17, 15) is 0 Å². The van der Waals surface area contributed by atoms with Crippen LogP contribution in [-0.2, 0) is 9.31 Å². The maximum Gasteiger partial charge on any atom is 0.502 e. The molecule has 2 heterocycles. The smallest absolute Gasteiger partial charge is 0.495 e. The number of methoxy groups -OCH3 is 2. The molecule has 0 amide bonds. The average Bonchev–Trinajstić information content (AvgIpc) is 2.57. The summed E-state index contributed by atoms with van der Waals surface area (Å²) in [6, 6.07) is 0. The summed E-state index contributed by atoms with van der Waals surface area (Å²) < 4.78 is 22.7. The van der Waals surface area contributed by atoms with Gasteiger partial charge in [0.1, 0.15) is 11.5 Å². The number of ether oxygens (including phenoxy) is 2. The highest BCUT2D eigenvalue weighted by Crippen LogP contribution is 2.38. The number of aromatic nitrogens is 1. The summed E-state index contributed by atoms with van der Waals surface area (Å²) in [7, 11) is 2.65. The zero-order valence-corrected chi connectivity index (χ0v) is 12.3. The van der Waals surface area contributed by atoms with Crippen molar-refractivity contribution in [1.29, 1.82) is 0 Å². The fraction of sp³-hybridized carbons (Fsp3) is 0.615. The van der Waals surface area contributed by atoms with E-state index in [4.69, 9.17) is 18.8 Å². The van der Waals surface area contributed by atoms with Gasteiger partial charge < -0.3 is 18.8 Å². The molecule has 1 fully saturated rings. The molecule has 1 saturated heterocycles. The van der Waals surface area contributed by atoms with Crippen LogP contribution >= 0.6 is 0 Å². The Labute approximate surface area is 114 Å². The van der Waals surface area contributed by atoms with Gasteiger partial charge in [-0.15, -0.1) is 0 Å². The fourth-order valence-corrected chi connectivity index (χ4v) is 1.95. The predicted octanol–water partition coefficient (Wildman–Crippen LogP) is 1.40. The summed E-state index contributed by atoms with van der Waals surface area (Å²) in [6.07, 6.45) is 3.26. The summed E-state index contributed by atoms with van der Waals surface area (Å²) in [4.78, 5) is 4.07. The van der Waals surface area contributed by atoms with Crippen LogP contribution in [0.2, 0.25) is 0 Å². The molecule has 6 heteroatoms. The summed E-state index contributed by atoms with van der Waals surface area (Å²) in [6.45, 7) is 8.03. The molecule has 0 spiro atoms. The fourth-order valence-electron chi connectivity index (χ4n) is 1.95.